The van der Waals surface area contributed by atoms with Gasteiger partial charge in [-0.25, -0.2) is 0 Å². The Labute approximate surface area is 253 Å². The van der Waals surface area contributed by atoms with Crippen LogP contribution in [0.4, 0.5) is 10.3 Å². The summed E-state index contributed by atoms with van der Waals surface area (Å²) >= 11 is 2.71. The molecule has 2 heterocycles. The summed E-state index contributed by atoms with van der Waals surface area (Å²) in [5.41, 5.74) is 2.44. The highest BCUT2D eigenvalue weighted by Crippen LogP contribution is 2.22. The molecule has 4 aromatic rings. The van der Waals surface area contributed by atoms with Gasteiger partial charge in [0, 0.05) is 12.8 Å². The fourth-order valence-electron chi connectivity index (χ4n) is 3.87. The zero-order chi connectivity index (χ0) is 29.9. The molecule has 2 aromatic heterocycles. The van der Waals surface area contributed by atoms with Crippen LogP contribution in [0.2, 0.25) is 0 Å². The molecule has 0 atom stereocenters. The first kappa shape index (κ1) is 31.0. The fourth-order valence-corrected chi connectivity index (χ4v) is 5.46. The lowest BCUT2D eigenvalue weighted by atomic mass is 10.0. The van der Waals surface area contributed by atoms with E-state index >= 15 is 0 Å². The molecule has 0 aliphatic carbocycles. The molecule has 0 bridgehead atoms. The van der Waals surface area contributed by atoms with Crippen molar-refractivity contribution in [1.29, 1.82) is 0 Å². The third kappa shape index (κ3) is 9.88. The van der Waals surface area contributed by atoms with E-state index in [1.807, 2.05) is 48.5 Å². The lowest BCUT2D eigenvalue weighted by molar-refractivity contribution is -0.118. The molecular formula is C30H36N6O4S2. The molecule has 0 unspecified atom stereocenters. The molecule has 0 fully saturated rings. The molecule has 0 aliphatic rings. The number of carbonyl (C=O) groups is 2. The van der Waals surface area contributed by atoms with Gasteiger partial charge in [-0.3, -0.25) is 20.2 Å². The van der Waals surface area contributed by atoms with Crippen LogP contribution in [0.5, 0.6) is 11.5 Å². The summed E-state index contributed by atoms with van der Waals surface area (Å²) in [6.45, 7) is 8.32. The predicted molar refractivity (Wildman–Crippen MR) is 166 cm³/mol. The highest BCUT2D eigenvalue weighted by Gasteiger charge is 2.12. The van der Waals surface area contributed by atoms with Crippen LogP contribution >= 0.6 is 22.7 Å². The van der Waals surface area contributed by atoms with Crippen LogP contribution in [0.1, 0.15) is 73.5 Å². The second-order valence-corrected chi connectivity index (χ2v) is 12.5. The Balaban J connectivity index is 1.10. The zero-order valence-electron chi connectivity index (χ0n) is 24.3. The standard InChI is InChI=1S/C30H36N6O4S2/c1-19(2)21-9-13-23(14-10-21)39-17-25(37)31-29-35-33-27(41-29)7-5-6-8-28-34-36-30(42-28)32-26(38)18-40-24-15-11-22(12-16-24)20(3)4/h9-16,19-20H,5-8,17-18H2,1-4H3,(H,31,35,37)(H,32,36,38). The molecule has 0 aliphatic heterocycles. The number of unbranched alkanes of at least 4 members (excludes halogenated alkanes) is 1. The van der Waals surface area contributed by atoms with Gasteiger partial charge in [0.25, 0.3) is 11.8 Å². The molecule has 12 heteroatoms. The van der Waals surface area contributed by atoms with E-state index in [0.717, 1.165) is 35.7 Å². The quantitative estimate of drug-likeness (QED) is 0.152. The van der Waals surface area contributed by atoms with E-state index in [1.54, 1.807) is 0 Å². The lowest BCUT2D eigenvalue weighted by Crippen LogP contribution is -2.20. The summed E-state index contributed by atoms with van der Waals surface area (Å²) in [6.07, 6.45) is 3.24. The zero-order valence-corrected chi connectivity index (χ0v) is 25.9. The van der Waals surface area contributed by atoms with Crippen LogP contribution in [-0.2, 0) is 22.4 Å². The maximum Gasteiger partial charge on any atom is 0.264 e. The molecule has 4 rings (SSSR count). The van der Waals surface area contributed by atoms with Gasteiger partial charge in [0.2, 0.25) is 10.3 Å². The number of ether oxygens (including phenoxy) is 2. The molecule has 0 saturated carbocycles. The van der Waals surface area contributed by atoms with Gasteiger partial charge in [0.1, 0.15) is 21.5 Å². The van der Waals surface area contributed by atoms with Crippen LogP contribution in [0, 0.1) is 0 Å². The molecule has 0 saturated heterocycles. The molecular weight excluding hydrogens is 573 g/mol. The van der Waals surface area contributed by atoms with Crippen molar-refractivity contribution in [2.24, 2.45) is 0 Å². The van der Waals surface area contributed by atoms with Crippen molar-refractivity contribution >= 4 is 44.8 Å². The van der Waals surface area contributed by atoms with E-state index in [2.05, 4.69) is 58.7 Å². The largest absolute Gasteiger partial charge is 0.484 e. The minimum absolute atomic E-state index is 0.0977. The summed E-state index contributed by atoms with van der Waals surface area (Å²) in [7, 11) is 0. The van der Waals surface area contributed by atoms with Crippen molar-refractivity contribution in [2.75, 3.05) is 23.8 Å². The Hall–Kier alpha value is -3.90. The van der Waals surface area contributed by atoms with Gasteiger partial charge < -0.3 is 9.47 Å². The maximum atomic E-state index is 12.2. The van der Waals surface area contributed by atoms with Crippen molar-refractivity contribution in [1.82, 2.24) is 20.4 Å². The van der Waals surface area contributed by atoms with Gasteiger partial charge in [-0.05, 0) is 60.1 Å². The molecule has 10 nitrogen and oxygen atoms in total. The third-order valence-corrected chi connectivity index (χ3v) is 8.09. The minimum Gasteiger partial charge on any atom is -0.484 e. The number of aryl methyl sites for hydroxylation is 2. The number of benzene rings is 2. The number of carbonyl (C=O) groups excluding carboxylic acids is 2. The van der Waals surface area contributed by atoms with Gasteiger partial charge in [-0.2, -0.15) is 0 Å². The van der Waals surface area contributed by atoms with Crippen molar-refractivity contribution in [2.45, 2.75) is 65.2 Å². The normalized spacial score (nSPS) is 11.1. The van der Waals surface area contributed by atoms with Crippen LogP contribution < -0.4 is 20.1 Å². The average molecular weight is 609 g/mol. The van der Waals surface area contributed by atoms with Gasteiger partial charge in [-0.15, -0.1) is 20.4 Å². The molecule has 2 N–H and O–H groups in total. The first-order valence-corrected chi connectivity index (χ1v) is 15.6. The maximum absolute atomic E-state index is 12.2. The molecule has 222 valence electrons. The number of nitrogens with zero attached hydrogens (tertiary/aromatic N) is 4. The van der Waals surface area contributed by atoms with E-state index in [0.29, 0.717) is 33.6 Å². The average Bonchev–Trinajstić information content (AvgIpc) is 3.62. The van der Waals surface area contributed by atoms with Gasteiger partial charge in [-0.1, -0.05) is 74.6 Å². The first-order valence-electron chi connectivity index (χ1n) is 13.9. The molecule has 2 aromatic carbocycles. The molecule has 0 spiro atoms. The third-order valence-electron chi connectivity index (χ3n) is 6.29. The van der Waals surface area contributed by atoms with Gasteiger partial charge in [0.05, 0.1) is 0 Å². The number of anilines is 2. The summed E-state index contributed by atoms with van der Waals surface area (Å²) in [6, 6.07) is 15.5. The Kier molecular flexibility index (Phi) is 11.4. The van der Waals surface area contributed by atoms with Crippen molar-refractivity contribution in [3.63, 3.8) is 0 Å². The Morgan fingerprint density at radius 3 is 1.38 bits per heavy atom. The number of hydrogen-bond acceptors (Lipinski definition) is 10. The topological polar surface area (TPSA) is 128 Å². The van der Waals surface area contributed by atoms with Crippen LogP contribution in [-0.4, -0.2) is 45.4 Å². The Bertz CT molecular complexity index is 1330. The van der Waals surface area contributed by atoms with Crippen LogP contribution in [0.25, 0.3) is 0 Å². The van der Waals surface area contributed by atoms with Crippen molar-refractivity contribution < 1.29 is 19.1 Å². The Morgan fingerprint density at radius 2 is 1.02 bits per heavy atom. The second kappa shape index (κ2) is 15.4. The fraction of sp³-hybridized carbons (Fsp3) is 0.400. The Morgan fingerprint density at radius 1 is 0.643 bits per heavy atom. The number of aromatic nitrogens is 4. The van der Waals surface area contributed by atoms with Crippen LogP contribution in [0.15, 0.2) is 48.5 Å². The van der Waals surface area contributed by atoms with E-state index in [9.17, 15) is 9.59 Å². The van der Waals surface area contributed by atoms with E-state index < -0.39 is 0 Å². The molecule has 2 amide bonds. The summed E-state index contributed by atoms with van der Waals surface area (Å²) < 4.78 is 11.1. The number of amides is 2. The van der Waals surface area contributed by atoms with Crippen molar-refractivity contribution in [3.05, 3.63) is 69.7 Å². The number of nitrogens with one attached hydrogen (secondary N) is 2. The molecule has 42 heavy (non-hydrogen) atoms. The van der Waals surface area contributed by atoms with Crippen molar-refractivity contribution in [3.8, 4) is 11.5 Å². The second-order valence-electron chi connectivity index (χ2n) is 10.3. The molecule has 0 radical (unpaired) electrons. The lowest BCUT2D eigenvalue weighted by Gasteiger charge is -2.08. The van der Waals surface area contributed by atoms with E-state index in [-0.39, 0.29) is 25.0 Å². The minimum atomic E-state index is -0.281. The highest BCUT2D eigenvalue weighted by atomic mass is 32.1. The van der Waals surface area contributed by atoms with E-state index in [4.69, 9.17) is 9.47 Å². The monoisotopic (exact) mass is 608 g/mol. The number of hydrogen-bond donors (Lipinski definition) is 2. The first-order chi connectivity index (χ1) is 20.2. The van der Waals surface area contributed by atoms with Crippen LogP contribution in [0.3, 0.4) is 0 Å². The summed E-state index contributed by atoms with van der Waals surface area (Å²) in [5, 5.41) is 24.6. The van der Waals surface area contributed by atoms with Gasteiger partial charge in [0.15, 0.2) is 13.2 Å². The summed E-state index contributed by atoms with van der Waals surface area (Å²) in [5.74, 6) is 1.61. The van der Waals surface area contributed by atoms with Gasteiger partial charge >= 0.3 is 0 Å². The smallest absolute Gasteiger partial charge is 0.264 e. The predicted octanol–water partition coefficient (Wildman–Crippen LogP) is 6.24. The van der Waals surface area contributed by atoms with E-state index in [1.165, 1.54) is 33.8 Å². The summed E-state index contributed by atoms with van der Waals surface area (Å²) in [4.78, 5) is 24.5. The highest BCUT2D eigenvalue weighted by molar-refractivity contribution is 7.15. The SMILES string of the molecule is CC(C)c1ccc(OCC(=O)Nc2nnc(CCCCc3nnc(NC(=O)COc4ccc(C(C)C)cc4)s3)s2)cc1. The number of rotatable bonds is 15.